The SMILES string of the molecule is CCc1cccc2c(C(C)=O)cn(Cc3ccccc3F)c12. The van der Waals surface area contributed by atoms with Crippen LogP contribution in [-0.4, -0.2) is 10.4 Å². The van der Waals surface area contributed by atoms with Crippen LogP contribution in [0.3, 0.4) is 0 Å². The lowest BCUT2D eigenvalue weighted by atomic mass is 10.1. The molecule has 0 fully saturated rings. The van der Waals surface area contributed by atoms with E-state index in [0.29, 0.717) is 17.7 Å². The Morgan fingerprint density at radius 2 is 1.82 bits per heavy atom. The van der Waals surface area contributed by atoms with Crippen LogP contribution in [0.4, 0.5) is 4.39 Å². The van der Waals surface area contributed by atoms with Crippen LogP contribution in [0.2, 0.25) is 0 Å². The minimum atomic E-state index is -0.220. The standard InChI is InChI=1S/C19H18FNO/c1-3-14-8-6-9-16-17(13(2)22)12-21(19(14)16)11-15-7-4-5-10-18(15)20/h4-10,12H,3,11H2,1-2H3. The number of para-hydroxylation sites is 1. The molecule has 3 rings (SSSR count). The second kappa shape index (κ2) is 5.76. The molecule has 112 valence electrons. The highest BCUT2D eigenvalue weighted by atomic mass is 19.1. The highest BCUT2D eigenvalue weighted by Gasteiger charge is 2.15. The molecule has 0 saturated carbocycles. The highest BCUT2D eigenvalue weighted by Crippen LogP contribution is 2.27. The number of aromatic nitrogens is 1. The van der Waals surface area contributed by atoms with Crippen molar-refractivity contribution in [2.24, 2.45) is 0 Å². The van der Waals surface area contributed by atoms with Crippen molar-refractivity contribution in [1.82, 2.24) is 4.57 Å². The molecule has 2 aromatic carbocycles. The van der Waals surface area contributed by atoms with Gasteiger partial charge in [0.1, 0.15) is 5.82 Å². The smallest absolute Gasteiger partial charge is 0.161 e. The summed E-state index contributed by atoms with van der Waals surface area (Å²) in [4.78, 5) is 11.9. The summed E-state index contributed by atoms with van der Waals surface area (Å²) in [6, 6.07) is 12.8. The maximum absolute atomic E-state index is 13.9. The van der Waals surface area contributed by atoms with Crippen molar-refractivity contribution in [2.45, 2.75) is 26.8 Å². The number of halogens is 1. The molecule has 3 aromatic rings. The number of benzene rings is 2. The molecule has 2 nitrogen and oxygen atoms in total. The Labute approximate surface area is 129 Å². The maximum Gasteiger partial charge on any atom is 0.161 e. The Morgan fingerprint density at radius 1 is 1.09 bits per heavy atom. The number of carbonyl (C=O) groups is 1. The van der Waals surface area contributed by atoms with E-state index in [1.54, 1.807) is 19.1 Å². The first kappa shape index (κ1) is 14.5. The van der Waals surface area contributed by atoms with Gasteiger partial charge in [0.25, 0.3) is 0 Å². The Kier molecular flexibility index (Phi) is 3.80. The zero-order valence-corrected chi connectivity index (χ0v) is 12.8. The van der Waals surface area contributed by atoms with E-state index in [0.717, 1.165) is 17.3 Å². The number of fused-ring (bicyclic) bond motifs is 1. The van der Waals surface area contributed by atoms with E-state index in [9.17, 15) is 9.18 Å². The summed E-state index contributed by atoms with van der Waals surface area (Å²) in [7, 11) is 0. The van der Waals surface area contributed by atoms with Gasteiger partial charge in [0.2, 0.25) is 0 Å². The number of nitrogens with zero attached hydrogens (tertiary/aromatic N) is 1. The van der Waals surface area contributed by atoms with E-state index in [-0.39, 0.29) is 11.6 Å². The van der Waals surface area contributed by atoms with Crippen LogP contribution in [0.15, 0.2) is 48.7 Å². The second-order valence-electron chi connectivity index (χ2n) is 5.49. The fraction of sp³-hybridized carbons (Fsp3) is 0.211. The fourth-order valence-electron chi connectivity index (χ4n) is 2.94. The molecular formula is C19H18FNO. The number of ketones is 1. The number of hydrogen-bond acceptors (Lipinski definition) is 1. The number of hydrogen-bond donors (Lipinski definition) is 0. The zero-order chi connectivity index (χ0) is 15.7. The summed E-state index contributed by atoms with van der Waals surface area (Å²) in [5.41, 5.74) is 3.52. The number of carbonyl (C=O) groups excluding carboxylic acids is 1. The second-order valence-corrected chi connectivity index (χ2v) is 5.49. The minimum Gasteiger partial charge on any atom is -0.342 e. The molecule has 0 amide bonds. The topological polar surface area (TPSA) is 22.0 Å². The van der Waals surface area contributed by atoms with Crippen LogP contribution in [0, 0.1) is 5.82 Å². The molecule has 0 saturated heterocycles. The van der Waals surface area contributed by atoms with Gasteiger partial charge in [-0.25, -0.2) is 4.39 Å². The first-order valence-corrected chi connectivity index (χ1v) is 7.47. The number of aryl methyl sites for hydroxylation is 1. The average Bonchev–Trinajstić information content (AvgIpc) is 2.89. The summed E-state index contributed by atoms with van der Waals surface area (Å²) in [5, 5.41) is 0.947. The van der Waals surface area contributed by atoms with Gasteiger partial charge in [-0.3, -0.25) is 4.79 Å². The lowest BCUT2D eigenvalue weighted by Gasteiger charge is -2.09. The van der Waals surface area contributed by atoms with Crippen molar-refractivity contribution in [2.75, 3.05) is 0 Å². The van der Waals surface area contributed by atoms with Crippen LogP contribution in [0.5, 0.6) is 0 Å². The van der Waals surface area contributed by atoms with E-state index >= 15 is 0 Å². The first-order chi connectivity index (χ1) is 10.6. The van der Waals surface area contributed by atoms with Gasteiger partial charge in [0.05, 0.1) is 12.1 Å². The van der Waals surface area contributed by atoms with Crippen LogP contribution in [0.1, 0.15) is 35.3 Å². The van der Waals surface area contributed by atoms with Crippen molar-refractivity contribution in [3.63, 3.8) is 0 Å². The quantitative estimate of drug-likeness (QED) is 0.645. The summed E-state index contributed by atoms with van der Waals surface area (Å²) >= 11 is 0. The van der Waals surface area contributed by atoms with E-state index in [1.807, 2.05) is 29.0 Å². The lowest BCUT2D eigenvalue weighted by Crippen LogP contribution is -2.02. The molecule has 0 aliphatic heterocycles. The third kappa shape index (κ3) is 2.43. The number of Topliss-reactive ketones (excluding diaryl/α,β-unsaturated/α-hetero) is 1. The molecular weight excluding hydrogens is 277 g/mol. The summed E-state index contributed by atoms with van der Waals surface area (Å²) in [6.07, 6.45) is 2.72. The predicted molar refractivity (Wildman–Crippen MR) is 86.8 cm³/mol. The molecule has 0 N–H and O–H groups in total. The van der Waals surface area contributed by atoms with Crippen LogP contribution < -0.4 is 0 Å². The monoisotopic (exact) mass is 295 g/mol. The van der Waals surface area contributed by atoms with E-state index < -0.39 is 0 Å². The van der Waals surface area contributed by atoms with Crippen molar-refractivity contribution in [3.8, 4) is 0 Å². The van der Waals surface area contributed by atoms with Crippen LogP contribution in [-0.2, 0) is 13.0 Å². The van der Waals surface area contributed by atoms with E-state index in [2.05, 4.69) is 13.0 Å². The summed E-state index contributed by atoms with van der Waals surface area (Å²) in [6.45, 7) is 4.08. The molecule has 0 atom stereocenters. The molecule has 0 aliphatic carbocycles. The summed E-state index contributed by atoms with van der Waals surface area (Å²) < 4.78 is 15.9. The molecule has 1 aromatic heterocycles. The average molecular weight is 295 g/mol. The lowest BCUT2D eigenvalue weighted by molar-refractivity contribution is 0.101. The fourth-order valence-corrected chi connectivity index (χ4v) is 2.94. The molecule has 3 heteroatoms. The third-order valence-electron chi connectivity index (χ3n) is 4.04. The van der Waals surface area contributed by atoms with Gasteiger partial charge >= 0.3 is 0 Å². The van der Waals surface area contributed by atoms with Crippen molar-refractivity contribution in [3.05, 3.63) is 71.2 Å². The third-order valence-corrected chi connectivity index (χ3v) is 4.04. The number of rotatable bonds is 4. The largest absolute Gasteiger partial charge is 0.342 e. The van der Waals surface area contributed by atoms with Gasteiger partial charge in [0, 0.05) is 22.7 Å². The Bertz CT molecular complexity index is 848. The molecule has 0 unspecified atom stereocenters. The Hall–Kier alpha value is -2.42. The minimum absolute atomic E-state index is 0.0329. The molecule has 0 spiro atoms. The van der Waals surface area contributed by atoms with Gasteiger partial charge in [-0.05, 0) is 25.0 Å². The van der Waals surface area contributed by atoms with Gasteiger partial charge < -0.3 is 4.57 Å². The van der Waals surface area contributed by atoms with Crippen molar-refractivity contribution in [1.29, 1.82) is 0 Å². The normalized spacial score (nSPS) is 11.0. The Balaban J connectivity index is 2.21. The van der Waals surface area contributed by atoms with Gasteiger partial charge in [-0.15, -0.1) is 0 Å². The van der Waals surface area contributed by atoms with Gasteiger partial charge in [-0.2, -0.15) is 0 Å². The summed E-state index contributed by atoms with van der Waals surface area (Å²) in [5.74, 6) is -0.187. The van der Waals surface area contributed by atoms with E-state index in [1.165, 1.54) is 11.6 Å². The molecule has 22 heavy (non-hydrogen) atoms. The van der Waals surface area contributed by atoms with Crippen molar-refractivity contribution < 1.29 is 9.18 Å². The molecule has 0 radical (unpaired) electrons. The van der Waals surface area contributed by atoms with Crippen LogP contribution in [0.25, 0.3) is 10.9 Å². The van der Waals surface area contributed by atoms with Crippen molar-refractivity contribution >= 4 is 16.7 Å². The first-order valence-electron chi connectivity index (χ1n) is 7.47. The Morgan fingerprint density at radius 3 is 2.50 bits per heavy atom. The van der Waals surface area contributed by atoms with Gasteiger partial charge in [0.15, 0.2) is 5.78 Å². The highest BCUT2D eigenvalue weighted by molar-refractivity contribution is 6.07. The molecule has 0 aliphatic rings. The molecule has 1 heterocycles. The van der Waals surface area contributed by atoms with Gasteiger partial charge in [-0.1, -0.05) is 43.3 Å². The van der Waals surface area contributed by atoms with E-state index in [4.69, 9.17) is 0 Å². The predicted octanol–water partition coefficient (Wildman–Crippen LogP) is 4.59. The van der Waals surface area contributed by atoms with Crippen LogP contribution >= 0.6 is 0 Å². The molecule has 0 bridgehead atoms. The zero-order valence-electron chi connectivity index (χ0n) is 12.8. The maximum atomic E-state index is 13.9.